The molecule has 1 aromatic heterocycles. The maximum atomic E-state index is 12.8. The molecule has 142 valence electrons. The summed E-state index contributed by atoms with van der Waals surface area (Å²) in [6, 6.07) is 8.36. The van der Waals surface area contributed by atoms with E-state index in [1.807, 2.05) is 20.3 Å². The van der Waals surface area contributed by atoms with Crippen LogP contribution < -0.4 is 10.6 Å². The van der Waals surface area contributed by atoms with Crippen LogP contribution in [0.3, 0.4) is 0 Å². The van der Waals surface area contributed by atoms with Gasteiger partial charge in [0.2, 0.25) is 5.91 Å². The Balaban J connectivity index is 0.00000243. The van der Waals surface area contributed by atoms with Crippen LogP contribution in [0.5, 0.6) is 0 Å². The van der Waals surface area contributed by atoms with Gasteiger partial charge in [0.1, 0.15) is 6.04 Å². The molecule has 1 unspecified atom stereocenters. The Morgan fingerprint density at radius 3 is 2.65 bits per heavy atom. The molecule has 6 heteroatoms. The largest absolute Gasteiger partial charge is 0.354 e. The third-order valence-corrected chi connectivity index (χ3v) is 5.40. The lowest BCUT2D eigenvalue weighted by Gasteiger charge is -2.31. The van der Waals surface area contributed by atoms with Gasteiger partial charge in [0.25, 0.3) is 0 Å². The summed E-state index contributed by atoms with van der Waals surface area (Å²) >= 11 is 0. The predicted molar refractivity (Wildman–Crippen MR) is 107 cm³/mol. The maximum Gasteiger partial charge on any atom is 0.241 e. The zero-order valence-electron chi connectivity index (χ0n) is 15.8. The first kappa shape index (κ1) is 20.5. The van der Waals surface area contributed by atoms with Gasteiger partial charge in [0, 0.05) is 30.8 Å². The van der Waals surface area contributed by atoms with Crippen molar-refractivity contribution < 1.29 is 4.79 Å². The number of benzene rings is 1. The monoisotopic (exact) mass is 376 g/mol. The number of hydrogen-bond acceptors (Lipinski definition) is 3. The van der Waals surface area contributed by atoms with Crippen molar-refractivity contribution in [1.82, 2.24) is 20.4 Å². The molecule has 1 saturated carbocycles. The summed E-state index contributed by atoms with van der Waals surface area (Å²) in [6.45, 7) is 2.82. The van der Waals surface area contributed by atoms with E-state index in [4.69, 9.17) is 0 Å². The van der Waals surface area contributed by atoms with Crippen molar-refractivity contribution in [3.63, 3.8) is 0 Å². The highest BCUT2D eigenvalue weighted by atomic mass is 35.5. The number of aromatic nitrogens is 2. The molecule has 26 heavy (non-hydrogen) atoms. The summed E-state index contributed by atoms with van der Waals surface area (Å²) in [5.41, 5.74) is 3.58. The van der Waals surface area contributed by atoms with E-state index in [-0.39, 0.29) is 29.8 Å². The number of carbonyl (C=O) groups is 1. The molecular formula is C20H29ClN4O. The number of amides is 1. The quantitative estimate of drug-likeness (QED) is 0.814. The average Bonchev–Trinajstić information content (AvgIpc) is 3.24. The number of aryl methyl sites for hydroxylation is 2. The van der Waals surface area contributed by atoms with Crippen LogP contribution >= 0.6 is 12.4 Å². The van der Waals surface area contributed by atoms with E-state index in [1.54, 1.807) is 10.9 Å². The second-order valence-electron chi connectivity index (χ2n) is 7.24. The molecule has 0 saturated heterocycles. The molecular weight excluding hydrogens is 348 g/mol. The van der Waals surface area contributed by atoms with Crippen molar-refractivity contribution in [1.29, 1.82) is 0 Å². The Bertz CT molecular complexity index is 737. The van der Waals surface area contributed by atoms with E-state index in [0.29, 0.717) is 6.54 Å². The molecule has 0 bridgehead atoms. The molecule has 1 atom stereocenters. The van der Waals surface area contributed by atoms with Gasteiger partial charge in [-0.1, -0.05) is 42.7 Å². The van der Waals surface area contributed by atoms with Crippen LogP contribution in [0.15, 0.2) is 36.7 Å². The molecule has 1 amide bonds. The smallest absolute Gasteiger partial charge is 0.241 e. The standard InChI is InChI=1S/C20H28N4O.ClH/c1-15-7-6-8-17(11-15)20(9-4-5-10-20)14-22-19(25)18(21-2)16-12-23-24(3)13-16;/h6-8,11-13,18,21H,4-5,9-10,14H2,1-3H3,(H,22,25);1H. The summed E-state index contributed by atoms with van der Waals surface area (Å²) < 4.78 is 1.72. The second kappa shape index (κ2) is 8.69. The van der Waals surface area contributed by atoms with Crippen molar-refractivity contribution in [2.24, 2.45) is 7.05 Å². The van der Waals surface area contributed by atoms with E-state index < -0.39 is 0 Å². The normalized spacial score (nSPS) is 16.7. The lowest BCUT2D eigenvalue weighted by atomic mass is 9.78. The Morgan fingerprint density at radius 1 is 1.35 bits per heavy atom. The third kappa shape index (κ3) is 4.27. The number of carbonyl (C=O) groups excluding carboxylic acids is 1. The fourth-order valence-electron chi connectivity index (χ4n) is 3.99. The number of nitrogens with one attached hydrogen (secondary N) is 2. The molecule has 1 heterocycles. The molecule has 3 rings (SSSR count). The summed E-state index contributed by atoms with van der Waals surface area (Å²) in [5.74, 6) is 0.00873. The van der Waals surface area contributed by atoms with E-state index in [0.717, 1.165) is 18.4 Å². The molecule has 0 radical (unpaired) electrons. The van der Waals surface area contributed by atoms with Crippen molar-refractivity contribution in [3.8, 4) is 0 Å². The molecule has 2 aromatic rings. The Kier molecular flexibility index (Phi) is 6.84. The molecule has 2 N–H and O–H groups in total. The van der Waals surface area contributed by atoms with Crippen LogP contribution in [0.1, 0.15) is 48.4 Å². The van der Waals surface area contributed by atoms with E-state index in [1.165, 1.54) is 24.0 Å². The van der Waals surface area contributed by atoms with Gasteiger partial charge in [-0.15, -0.1) is 12.4 Å². The topological polar surface area (TPSA) is 59.0 Å². The van der Waals surface area contributed by atoms with Crippen LogP contribution in [-0.2, 0) is 17.3 Å². The first-order valence-corrected chi connectivity index (χ1v) is 9.05. The van der Waals surface area contributed by atoms with Crippen molar-refractivity contribution in [2.75, 3.05) is 13.6 Å². The third-order valence-electron chi connectivity index (χ3n) is 5.40. The summed E-state index contributed by atoms with van der Waals surface area (Å²) in [7, 11) is 3.67. The highest BCUT2D eigenvalue weighted by Gasteiger charge is 2.36. The lowest BCUT2D eigenvalue weighted by molar-refractivity contribution is -0.123. The molecule has 1 aromatic carbocycles. The molecule has 1 fully saturated rings. The SMILES string of the molecule is CNC(C(=O)NCC1(c2cccc(C)c2)CCCC1)c1cnn(C)c1.Cl. The fourth-order valence-corrected chi connectivity index (χ4v) is 3.99. The molecule has 1 aliphatic rings. The lowest BCUT2D eigenvalue weighted by Crippen LogP contribution is -2.43. The molecule has 1 aliphatic carbocycles. The van der Waals surface area contributed by atoms with E-state index >= 15 is 0 Å². The zero-order chi connectivity index (χ0) is 17.9. The molecule has 0 aliphatic heterocycles. The second-order valence-corrected chi connectivity index (χ2v) is 7.24. The van der Waals surface area contributed by atoms with Crippen molar-refractivity contribution in [3.05, 3.63) is 53.3 Å². The van der Waals surface area contributed by atoms with Crippen LogP contribution in [0.2, 0.25) is 0 Å². The number of hydrogen-bond donors (Lipinski definition) is 2. The van der Waals surface area contributed by atoms with Gasteiger partial charge >= 0.3 is 0 Å². The van der Waals surface area contributed by atoms with Gasteiger partial charge in [-0.05, 0) is 32.4 Å². The van der Waals surface area contributed by atoms with E-state index in [9.17, 15) is 4.79 Å². The predicted octanol–water partition coefficient (Wildman–Crippen LogP) is 3.04. The summed E-state index contributed by atoms with van der Waals surface area (Å²) in [4.78, 5) is 12.8. The van der Waals surface area contributed by atoms with Crippen molar-refractivity contribution >= 4 is 18.3 Å². The van der Waals surface area contributed by atoms with E-state index in [2.05, 4.69) is 46.9 Å². The summed E-state index contributed by atoms with van der Waals surface area (Å²) in [6.07, 6.45) is 8.34. The number of rotatable bonds is 6. The average molecular weight is 377 g/mol. The van der Waals surface area contributed by atoms with Gasteiger partial charge < -0.3 is 10.6 Å². The highest BCUT2D eigenvalue weighted by Crippen LogP contribution is 2.41. The fraction of sp³-hybridized carbons (Fsp3) is 0.500. The van der Waals surface area contributed by atoms with Gasteiger partial charge in [0.05, 0.1) is 6.20 Å². The van der Waals surface area contributed by atoms with Gasteiger partial charge in [-0.3, -0.25) is 9.48 Å². The first-order chi connectivity index (χ1) is 12.0. The minimum absolute atomic E-state index is 0. The highest BCUT2D eigenvalue weighted by molar-refractivity contribution is 5.85. The van der Waals surface area contributed by atoms with Crippen LogP contribution in [-0.4, -0.2) is 29.3 Å². The van der Waals surface area contributed by atoms with Crippen LogP contribution in [0, 0.1) is 6.92 Å². The Labute approximate surface area is 162 Å². The maximum absolute atomic E-state index is 12.8. The van der Waals surface area contributed by atoms with Gasteiger partial charge in [0.15, 0.2) is 0 Å². The first-order valence-electron chi connectivity index (χ1n) is 9.05. The Hall–Kier alpha value is -1.85. The minimum atomic E-state index is -0.371. The zero-order valence-corrected chi connectivity index (χ0v) is 16.6. The number of likely N-dealkylation sites (N-methyl/N-ethyl adjacent to an activating group) is 1. The van der Waals surface area contributed by atoms with Gasteiger partial charge in [-0.2, -0.15) is 5.10 Å². The number of nitrogens with zero attached hydrogens (tertiary/aromatic N) is 2. The summed E-state index contributed by atoms with van der Waals surface area (Å²) in [5, 5.41) is 10.5. The minimum Gasteiger partial charge on any atom is -0.354 e. The number of halogens is 1. The molecule has 5 nitrogen and oxygen atoms in total. The van der Waals surface area contributed by atoms with Crippen LogP contribution in [0.4, 0.5) is 0 Å². The van der Waals surface area contributed by atoms with Crippen molar-refractivity contribution in [2.45, 2.75) is 44.1 Å². The van der Waals surface area contributed by atoms with Crippen LogP contribution in [0.25, 0.3) is 0 Å². The molecule has 0 spiro atoms. The Morgan fingerprint density at radius 2 is 2.08 bits per heavy atom. The van der Waals surface area contributed by atoms with Gasteiger partial charge in [-0.25, -0.2) is 0 Å².